The molecule has 3 rings (SSSR count). The van der Waals surface area contributed by atoms with Gasteiger partial charge in [-0.05, 0) is 63.5 Å². The average molecular weight is 451 g/mol. The normalized spacial score (nSPS) is 23.9. The molecule has 1 spiro atoms. The summed E-state index contributed by atoms with van der Waals surface area (Å²) in [6.45, 7) is 7.28. The monoisotopic (exact) mass is 450 g/mol. The molecule has 10 heteroatoms. The molecule has 1 heterocycles. The van der Waals surface area contributed by atoms with Gasteiger partial charge in [-0.2, -0.15) is 5.01 Å². The Bertz CT molecular complexity index is 990. The fourth-order valence-corrected chi connectivity index (χ4v) is 5.94. The highest BCUT2D eigenvalue weighted by atomic mass is 32.2. The van der Waals surface area contributed by atoms with Crippen LogP contribution in [0.5, 0.6) is 0 Å². The zero-order chi connectivity index (χ0) is 23.0. The van der Waals surface area contributed by atoms with E-state index >= 15 is 0 Å². The molecule has 0 bridgehead atoms. The second-order valence-electron chi connectivity index (χ2n) is 8.75. The first-order valence-corrected chi connectivity index (χ1v) is 12.0. The van der Waals surface area contributed by atoms with E-state index in [-0.39, 0.29) is 17.9 Å². The molecule has 0 atom stereocenters. The Morgan fingerprint density at radius 3 is 2.32 bits per heavy atom. The van der Waals surface area contributed by atoms with Crippen molar-refractivity contribution in [3.8, 4) is 0 Å². The molecule has 170 valence electrons. The molecule has 0 radical (unpaired) electrons. The Balaban J connectivity index is 1.57. The van der Waals surface area contributed by atoms with Gasteiger partial charge in [0.15, 0.2) is 0 Å². The lowest BCUT2D eigenvalue weighted by atomic mass is 9.77. The van der Waals surface area contributed by atoms with E-state index in [2.05, 4.69) is 22.4 Å². The SMILES string of the molecule is Cc1cc(C)c(S(=O)(=O)NCCC(=O)NN2C(=O)NC3(CCC(C)CC3)C2=O)c(C)c1. The number of carbonyl (C=O) groups is 3. The van der Waals surface area contributed by atoms with E-state index in [1.165, 1.54) is 0 Å². The number of hydrogen-bond acceptors (Lipinski definition) is 5. The van der Waals surface area contributed by atoms with Crippen LogP contribution in [-0.2, 0) is 19.6 Å². The predicted molar refractivity (Wildman–Crippen MR) is 114 cm³/mol. The molecule has 1 saturated carbocycles. The van der Waals surface area contributed by atoms with Crippen LogP contribution < -0.4 is 15.5 Å². The van der Waals surface area contributed by atoms with Crippen LogP contribution in [-0.4, -0.2) is 43.4 Å². The fraction of sp³-hybridized carbons (Fsp3) is 0.571. The minimum atomic E-state index is -3.80. The molecule has 3 N–H and O–H groups in total. The lowest BCUT2D eigenvalue weighted by Crippen LogP contribution is -2.51. The fourth-order valence-electron chi connectivity index (χ4n) is 4.46. The summed E-state index contributed by atoms with van der Waals surface area (Å²) in [5.41, 5.74) is 3.59. The summed E-state index contributed by atoms with van der Waals surface area (Å²) in [5.74, 6) is -0.582. The van der Waals surface area contributed by atoms with E-state index in [1.54, 1.807) is 26.0 Å². The van der Waals surface area contributed by atoms with Gasteiger partial charge in [0.2, 0.25) is 15.9 Å². The second-order valence-corrected chi connectivity index (χ2v) is 10.4. The number of hydrazine groups is 1. The lowest BCUT2D eigenvalue weighted by Gasteiger charge is -2.33. The number of nitrogens with zero attached hydrogens (tertiary/aromatic N) is 1. The molecule has 4 amide bonds. The van der Waals surface area contributed by atoms with Gasteiger partial charge in [-0.25, -0.2) is 17.9 Å². The summed E-state index contributed by atoms with van der Waals surface area (Å²) in [4.78, 5) is 37.5. The van der Waals surface area contributed by atoms with Crippen LogP contribution in [0.15, 0.2) is 17.0 Å². The predicted octanol–water partition coefficient (Wildman–Crippen LogP) is 1.81. The average Bonchev–Trinajstić information content (AvgIpc) is 2.87. The van der Waals surface area contributed by atoms with Crippen LogP contribution in [0.3, 0.4) is 0 Å². The molecule has 1 aromatic carbocycles. The molecule has 2 aliphatic rings. The minimum Gasteiger partial charge on any atom is -0.322 e. The Morgan fingerprint density at radius 1 is 1.16 bits per heavy atom. The van der Waals surface area contributed by atoms with Crippen molar-refractivity contribution >= 4 is 27.9 Å². The molecule has 1 aliphatic heterocycles. The van der Waals surface area contributed by atoms with Crippen molar-refractivity contribution < 1.29 is 22.8 Å². The summed E-state index contributed by atoms with van der Waals surface area (Å²) in [7, 11) is -3.80. The Morgan fingerprint density at radius 2 is 1.74 bits per heavy atom. The summed E-state index contributed by atoms with van der Waals surface area (Å²) in [5, 5.41) is 3.45. The van der Waals surface area contributed by atoms with Crippen molar-refractivity contribution in [1.29, 1.82) is 0 Å². The van der Waals surface area contributed by atoms with E-state index in [9.17, 15) is 22.8 Å². The first-order valence-electron chi connectivity index (χ1n) is 10.5. The Hall–Kier alpha value is -2.46. The first-order chi connectivity index (χ1) is 14.4. The minimum absolute atomic E-state index is 0.159. The Labute approximate surface area is 183 Å². The molecule has 1 saturated heterocycles. The number of hydrogen-bond donors (Lipinski definition) is 3. The highest BCUT2D eigenvalue weighted by Crippen LogP contribution is 2.35. The third kappa shape index (κ3) is 4.74. The first kappa shape index (κ1) is 23.2. The largest absolute Gasteiger partial charge is 0.344 e. The summed E-state index contributed by atoms with van der Waals surface area (Å²) in [6.07, 6.45) is 2.52. The van der Waals surface area contributed by atoms with Crippen LogP contribution in [0.1, 0.15) is 55.7 Å². The molecule has 1 aromatic rings. The number of benzene rings is 1. The van der Waals surface area contributed by atoms with Crippen molar-refractivity contribution in [3.63, 3.8) is 0 Å². The highest BCUT2D eigenvalue weighted by Gasteiger charge is 2.52. The van der Waals surface area contributed by atoms with Crippen LogP contribution >= 0.6 is 0 Å². The van der Waals surface area contributed by atoms with E-state index in [1.807, 2.05) is 6.92 Å². The van der Waals surface area contributed by atoms with Crippen molar-refractivity contribution in [2.45, 2.75) is 70.2 Å². The third-order valence-corrected chi connectivity index (χ3v) is 7.81. The maximum atomic E-state index is 12.8. The number of sulfonamides is 1. The Kier molecular flexibility index (Phi) is 6.43. The molecule has 0 unspecified atom stereocenters. The molecule has 0 aromatic heterocycles. The van der Waals surface area contributed by atoms with E-state index in [4.69, 9.17) is 0 Å². The van der Waals surface area contributed by atoms with Gasteiger partial charge in [0.25, 0.3) is 5.91 Å². The lowest BCUT2D eigenvalue weighted by molar-refractivity contribution is -0.140. The molecule has 1 aliphatic carbocycles. The molecular formula is C21H30N4O5S. The van der Waals surface area contributed by atoms with Crippen LogP contribution in [0.25, 0.3) is 0 Å². The van der Waals surface area contributed by atoms with Crippen LogP contribution in [0.2, 0.25) is 0 Å². The van der Waals surface area contributed by atoms with Gasteiger partial charge in [0.1, 0.15) is 5.54 Å². The van der Waals surface area contributed by atoms with E-state index in [0.717, 1.165) is 23.4 Å². The molecule has 2 fully saturated rings. The maximum absolute atomic E-state index is 12.8. The van der Waals surface area contributed by atoms with Crippen LogP contribution in [0, 0.1) is 26.7 Å². The van der Waals surface area contributed by atoms with Crippen molar-refractivity contribution in [1.82, 2.24) is 20.5 Å². The number of carbonyl (C=O) groups excluding carboxylic acids is 3. The van der Waals surface area contributed by atoms with E-state index < -0.39 is 33.4 Å². The number of nitrogens with one attached hydrogen (secondary N) is 3. The summed E-state index contributed by atoms with van der Waals surface area (Å²) < 4.78 is 27.8. The van der Waals surface area contributed by atoms with Gasteiger partial charge >= 0.3 is 6.03 Å². The van der Waals surface area contributed by atoms with Crippen molar-refractivity contribution in [2.75, 3.05) is 6.54 Å². The number of amides is 4. The van der Waals surface area contributed by atoms with Gasteiger partial charge in [0.05, 0.1) is 4.90 Å². The maximum Gasteiger partial charge on any atom is 0.344 e. The zero-order valence-corrected chi connectivity index (χ0v) is 19.2. The van der Waals surface area contributed by atoms with Crippen LogP contribution in [0.4, 0.5) is 4.79 Å². The van der Waals surface area contributed by atoms with E-state index in [0.29, 0.717) is 29.9 Å². The standard InChI is InChI=1S/C21H30N4O5S/c1-13-5-8-21(9-6-13)19(27)25(20(28)23-21)24-17(26)7-10-22-31(29,30)18-15(3)11-14(2)12-16(18)4/h11-13,22H,5-10H2,1-4H3,(H,23,28)(H,24,26). The quantitative estimate of drug-likeness (QED) is 0.570. The highest BCUT2D eigenvalue weighted by molar-refractivity contribution is 7.89. The van der Waals surface area contributed by atoms with Gasteiger partial charge in [-0.1, -0.05) is 24.6 Å². The van der Waals surface area contributed by atoms with Gasteiger partial charge in [-0.15, -0.1) is 0 Å². The van der Waals surface area contributed by atoms with Crippen molar-refractivity contribution in [2.24, 2.45) is 5.92 Å². The van der Waals surface area contributed by atoms with Gasteiger partial charge < -0.3 is 5.32 Å². The molecular weight excluding hydrogens is 420 g/mol. The van der Waals surface area contributed by atoms with Gasteiger partial charge in [-0.3, -0.25) is 15.0 Å². The number of rotatable bonds is 6. The summed E-state index contributed by atoms with van der Waals surface area (Å²) in [6, 6.07) is 2.92. The van der Waals surface area contributed by atoms with Gasteiger partial charge in [0, 0.05) is 13.0 Å². The zero-order valence-electron chi connectivity index (χ0n) is 18.4. The number of urea groups is 1. The number of imide groups is 1. The van der Waals surface area contributed by atoms with Crippen molar-refractivity contribution in [3.05, 3.63) is 28.8 Å². The second kappa shape index (κ2) is 8.58. The topological polar surface area (TPSA) is 125 Å². The third-order valence-electron chi connectivity index (χ3n) is 6.04. The molecule has 31 heavy (non-hydrogen) atoms. The molecule has 9 nitrogen and oxygen atoms in total. The number of aryl methyl sites for hydroxylation is 3. The smallest absolute Gasteiger partial charge is 0.322 e. The summed E-state index contributed by atoms with van der Waals surface area (Å²) >= 11 is 0.